The lowest BCUT2D eigenvalue weighted by Gasteiger charge is -2.22. The van der Waals surface area contributed by atoms with Crippen LogP contribution in [0.4, 0.5) is 5.69 Å². The standard InChI is InChI=1S/C22H29N3O2.C3H9N/c1-5-7-8-17(6-2)13-21(27)24-20-11-9-18(10-12-20)19-14-23-25(15-19)22(3,4)16-26;1-3-4-2/h6,8-12,14-15,26H,2,5,7,13,16H2,1,3-4H3,(H,24,27);4H,3H2,1-2H3/b17-8+;. The number of anilines is 1. The molecule has 0 aliphatic rings. The number of benzene rings is 1. The first-order valence-corrected chi connectivity index (χ1v) is 10.8. The lowest BCUT2D eigenvalue weighted by Crippen LogP contribution is -2.30. The van der Waals surface area contributed by atoms with Crippen LogP contribution in [0.1, 0.15) is 47.0 Å². The second-order valence-corrected chi connectivity index (χ2v) is 7.93. The molecular weight excluding hydrogens is 388 g/mol. The van der Waals surface area contributed by atoms with Gasteiger partial charge in [-0.25, -0.2) is 0 Å². The van der Waals surface area contributed by atoms with E-state index in [9.17, 15) is 9.90 Å². The molecule has 3 N–H and O–H groups in total. The Morgan fingerprint density at radius 3 is 2.39 bits per heavy atom. The summed E-state index contributed by atoms with van der Waals surface area (Å²) in [5, 5.41) is 19.7. The Morgan fingerprint density at radius 1 is 1.23 bits per heavy atom. The van der Waals surface area contributed by atoms with E-state index in [2.05, 4.69) is 42.2 Å². The van der Waals surface area contributed by atoms with Gasteiger partial charge in [0.1, 0.15) is 0 Å². The molecular formula is C25H38N4O2. The van der Waals surface area contributed by atoms with Crippen LogP contribution in [0.25, 0.3) is 11.1 Å². The highest BCUT2D eigenvalue weighted by atomic mass is 16.3. The molecule has 0 aliphatic carbocycles. The monoisotopic (exact) mass is 426 g/mol. The van der Waals surface area contributed by atoms with Crippen molar-refractivity contribution in [1.82, 2.24) is 15.1 Å². The van der Waals surface area contributed by atoms with Crippen LogP contribution in [-0.4, -0.2) is 41.0 Å². The minimum Gasteiger partial charge on any atom is -0.394 e. The number of rotatable bonds is 10. The number of allylic oxidation sites excluding steroid dienone is 2. The van der Waals surface area contributed by atoms with Gasteiger partial charge in [0.2, 0.25) is 5.91 Å². The van der Waals surface area contributed by atoms with Crippen LogP contribution in [0.15, 0.2) is 61.0 Å². The van der Waals surface area contributed by atoms with Gasteiger partial charge in [0.05, 0.1) is 24.8 Å². The number of hydrogen-bond acceptors (Lipinski definition) is 4. The Bertz CT molecular complexity index is 833. The van der Waals surface area contributed by atoms with Crippen molar-refractivity contribution < 1.29 is 9.90 Å². The molecule has 1 aromatic carbocycles. The fourth-order valence-corrected chi connectivity index (χ4v) is 2.57. The minimum atomic E-state index is -0.444. The lowest BCUT2D eigenvalue weighted by atomic mass is 10.1. The predicted octanol–water partition coefficient (Wildman–Crippen LogP) is 4.74. The molecule has 0 unspecified atom stereocenters. The molecule has 0 atom stereocenters. The molecule has 6 heteroatoms. The molecule has 2 rings (SSSR count). The van der Waals surface area contributed by atoms with E-state index in [0.29, 0.717) is 6.42 Å². The van der Waals surface area contributed by atoms with Gasteiger partial charge in [-0.3, -0.25) is 9.48 Å². The smallest absolute Gasteiger partial charge is 0.228 e. The summed E-state index contributed by atoms with van der Waals surface area (Å²) in [4.78, 5) is 12.2. The van der Waals surface area contributed by atoms with Crippen molar-refractivity contribution in [3.05, 3.63) is 61.0 Å². The van der Waals surface area contributed by atoms with E-state index >= 15 is 0 Å². The van der Waals surface area contributed by atoms with E-state index < -0.39 is 5.54 Å². The third-order valence-electron chi connectivity index (χ3n) is 4.77. The highest BCUT2D eigenvalue weighted by molar-refractivity contribution is 5.92. The number of nitrogens with zero attached hydrogens (tertiary/aromatic N) is 2. The first kappa shape index (κ1) is 26.3. The van der Waals surface area contributed by atoms with E-state index in [1.165, 1.54) is 0 Å². The molecule has 31 heavy (non-hydrogen) atoms. The third kappa shape index (κ3) is 8.90. The Kier molecular flexibility index (Phi) is 11.5. The number of unbranched alkanes of at least 4 members (excludes halogenated alkanes) is 1. The number of aliphatic hydroxyl groups excluding tert-OH is 1. The summed E-state index contributed by atoms with van der Waals surface area (Å²) in [5.74, 6) is -0.0532. The Balaban J connectivity index is 0.00000110. The first-order valence-electron chi connectivity index (χ1n) is 10.8. The van der Waals surface area contributed by atoms with Gasteiger partial charge in [0.15, 0.2) is 0 Å². The topological polar surface area (TPSA) is 79.2 Å². The Labute approximate surface area is 187 Å². The van der Waals surface area contributed by atoms with Gasteiger partial charge < -0.3 is 15.7 Å². The SMILES string of the molecule is C=C/C(=C\CCC)CC(=O)Nc1ccc(-c2cnn(C(C)(C)CO)c2)cc1.CCNC. The molecule has 0 fully saturated rings. The van der Waals surface area contributed by atoms with Crippen molar-refractivity contribution in [2.75, 3.05) is 25.5 Å². The normalized spacial score (nSPS) is 11.5. The van der Waals surface area contributed by atoms with E-state index in [0.717, 1.165) is 41.8 Å². The number of aliphatic hydroxyl groups is 1. The van der Waals surface area contributed by atoms with E-state index in [1.807, 2.05) is 51.4 Å². The van der Waals surface area contributed by atoms with Gasteiger partial charge in [-0.15, -0.1) is 0 Å². The summed E-state index contributed by atoms with van der Waals surface area (Å²) in [6.45, 7) is 12.9. The van der Waals surface area contributed by atoms with Crippen LogP contribution in [0.5, 0.6) is 0 Å². The van der Waals surface area contributed by atoms with Crippen molar-refractivity contribution in [2.45, 2.75) is 52.5 Å². The van der Waals surface area contributed by atoms with Gasteiger partial charge in [-0.05, 0) is 57.1 Å². The summed E-state index contributed by atoms with van der Waals surface area (Å²) >= 11 is 0. The molecule has 6 nitrogen and oxygen atoms in total. The van der Waals surface area contributed by atoms with E-state index in [-0.39, 0.29) is 12.5 Å². The summed E-state index contributed by atoms with van der Waals surface area (Å²) in [6, 6.07) is 7.66. The number of nitrogens with one attached hydrogen (secondary N) is 2. The summed E-state index contributed by atoms with van der Waals surface area (Å²) in [6.07, 6.45) is 9.81. The molecule has 0 radical (unpaired) electrons. The van der Waals surface area contributed by atoms with Crippen molar-refractivity contribution >= 4 is 11.6 Å². The molecule has 0 bridgehead atoms. The summed E-state index contributed by atoms with van der Waals surface area (Å²) in [7, 11) is 1.93. The average molecular weight is 427 g/mol. The summed E-state index contributed by atoms with van der Waals surface area (Å²) < 4.78 is 1.76. The highest BCUT2D eigenvalue weighted by Crippen LogP contribution is 2.24. The van der Waals surface area contributed by atoms with Crippen LogP contribution < -0.4 is 10.6 Å². The van der Waals surface area contributed by atoms with Crippen LogP contribution >= 0.6 is 0 Å². The summed E-state index contributed by atoms with van der Waals surface area (Å²) in [5.41, 5.74) is 3.23. The van der Waals surface area contributed by atoms with Gasteiger partial charge in [-0.2, -0.15) is 5.10 Å². The third-order valence-corrected chi connectivity index (χ3v) is 4.77. The molecule has 1 heterocycles. The van der Waals surface area contributed by atoms with Gasteiger partial charge in [0, 0.05) is 17.4 Å². The second kappa shape index (κ2) is 13.6. The highest BCUT2D eigenvalue weighted by Gasteiger charge is 2.20. The molecule has 0 aliphatic heterocycles. The number of hydrogen-bond donors (Lipinski definition) is 3. The molecule has 0 saturated carbocycles. The van der Waals surface area contributed by atoms with Crippen LogP contribution in [-0.2, 0) is 10.3 Å². The van der Waals surface area contributed by atoms with Gasteiger partial charge in [0.25, 0.3) is 0 Å². The lowest BCUT2D eigenvalue weighted by molar-refractivity contribution is -0.115. The van der Waals surface area contributed by atoms with Crippen LogP contribution in [0.2, 0.25) is 0 Å². The van der Waals surface area contributed by atoms with Crippen molar-refractivity contribution in [1.29, 1.82) is 0 Å². The number of carbonyl (C=O) groups excluding carboxylic acids is 1. The quantitative estimate of drug-likeness (QED) is 0.479. The zero-order valence-electron chi connectivity index (χ0n) is 19.6. The molecule has 1 aromatic heterocycles. The maximum Gasteiger partial charge on any atom is 0.228 e. The average Bonchev–Trinajstić information content (AvgIpc) is 3.28. The second-order valence-electron chi connectivity index (χ2n) is 7.93. The maximum absolute atomic E-state index is 12.2. The molecule has 0 spiro atoms. The zero-order chi connectivity index (χ0) is 23.3. The molecule has 170 valence electrons. The number of aromatic nitrogens is 2. The first-order chi connectivity index (χ1) is 14.8. The number of carbonyl (C=O) groups is 1. The van der Waals surface area contributed by atoms with Crippen LogP contribution in [0.3, 0.4) is 0 Å². The van der Waals surface area contributed by atoms with E-state index in [4.69, 9.17) is 0 Å². The van der Waals surface area contributed by atoms with Crippen molar-refractivity contribution in [3.8, 4) is 11.1 Å². The fourth-order valence-electron chi connectivity index (χ4n) is 2.57. The molecule has 2 aromatic rings. The Morgan fingerprint density at radius 2 is 1.87 bits per heavy atom. The molecule has 0 saturated heterocycles. The number of amides is 1. The van der Waals surface area contributed by atoms with Gasteiger partial charge >= 0.3 is 0 Å². The zero-order valence-corrected chi connectivity index (χ0v) is 19.6. The fraction of sp³-hybridized carbons (Fsp3) is 0.440. The largest absolute Gasteiger partial charge is 0.394 e. The predicted molar refractivity (Wildman–Crippen MR) is 130 cm³/mol. The maximum atomic E-state index is 12.2. The van der Waals surface area contributed by atoms with E-state index in [1.54, 1.807) is 17.0 Å². The minimum absolute atomic E-state index is 0.0124. The van der Waals surface area contributed by atoms with Crippen molar-refractivity contribution in [2.24, 2.45) is 0 Å². The van der Waals surface area contributed by atoms with Crippen LogP contribution in [0, 0.1) is 0 Å². The van der Waals surface area contributed by atoms with Crippen molar-refractivity contribution in [3.63, 3.8) is 0 Å². The Hall–Kier alpha value is -2.70. The molecule has 1 amide bonds. The van der Waals surface area contributed by atoms with Gasteiger partial charge in [-0.1, -0.05) is 51.1 Å².